The number of fused-ring (bicyclic) bond motifs is 1. The number of aryl methyl sites for hydroxylation is 1. The molecule has 0 saturated heterocycles. The van der Waals surface area contributed by atoms with Gasteiger partial charge in [-0.1, -0.05) is 54.1 Å². The Hall–Kier alpha value is -4.04. The van der Waals surface area contributed by atoms with E-state index >= 15 is 0 Å². The average Bonchev–Trinajstić information content (AvgIpc) is 3.51. The molecule has 1 unspecified atom stereocenters. The molecule has 0 saturated carbocycles. The van der Waals surface area contributed by atoms with Gasteiger partial charge in [0.2, 0.25) is 5.91 Å². The van der Waals surface area contributed by atoms with Gasteiger partial charge in [-0.15, -0.1) is 11.3 Å². The van der Waals surface area contributed by atoms with Crippen LogP contribution in [0, 0.1) is 6.92 Å². The molecule has 1 N–H and O–H groups in total. The fourth-order valence-electron chi connectivity index (χ4n) is 3.71. The van der Waals surface area contributed by atoms with Crippen molar-refractivity contribution in [3.63, 3.8) is 0 Å². The number of nitrogens with zero attached hydrogens (tertiary/aromatic N) is 4. The van der Waals surface area contributed by atoms with Crippen LogP contribution in [-0.4, -0.2) is 25.2 Å². The number of thiophene rings is 1. The maximum Gasteiger partial charge on any atom is 0.264 e. The molecule has 0 spiro atoms. The quantitative estimate of drug-likeness (QED) is 0.422. The second kappa shape index (κ2) is 8.84. The van der Waals surface area contributed by atoms with Crippen LogP contribution in [0.15, 0.2) is 89.4 Å². The Labute approximate surface area is 194 Å². The van der Waals surface area contributed by atoms with Gasteiger partial charge in [0.1, 0.15) is 18.3 Å². The van der Waals surface area contributed by atoms with Crippen LogP contribution in [0.25, 0.3) is 16.7 Å². The van der Waals surface area contributed by atoms with Crippen LogP contribution >= 0.6 is 11.3 Å². The molecule has 2 aromatic carbocycles. The highest BCUT2D eigenvalue weighted by atomic mass is 32.1. The van der Waals surface area contributed by atoms with Gasteiger partial charge in [-0.3, -0.25) is 14.2 Å². The average molecular weight is 456 g/mol. The molecular formula is C25H21N5O2S. The molecule has 0 aliphatic carbocycles. The first-order valence-corrected chi connectivity index (χ1v) is 11.4. The zero-order valence-electron chi connectivity index (χ0n) is 17.9. The van der Waals surface area contributed by atoms with Crippen LogP contribution in [0.5, 0.6) is 0 Å². The molecule has 1 atom stereocenters. The van der Waals surface area contributed by atoms with Crippen molar-refractivity contribution in [2.75, 3.05) is 0 Å². The Morgan fingerprint density at radius 1 is 1.06 bits per heavy atom. The van der Waals surface area contributed by atoms with Crippen molar-refractivity contribution in [2.24, 2.45) is 0 Å². The molecule has 0 fully saturated rings. The molecule has 5 aromatic rings. The highest BCUT2D eigenvalue weighted by Gasteiger charge is 2.19. The van der Waals surface area contributed by atoms with E-state index < -0.39 is 0 Å². The summed E-state index contributed by atoms with van der Waals surface area (Å²) in [6.45, 7) is 1.89. The molecule has 0 aliphatic heterocycles. The van der Waals surface area contributed by atoms with Crippen LogP contribution in [0.3, 0.4) is 0 Å². The van der Waals surface area contributed by atoms with Gasteiger partial charge in [0.15, 0.2) is 5.65 Å². The fourth-order valence-corrected chi connectivity index (χ4v) is 4.52. The first-order chi connectivity index (χ1) is 16.1. The maximum atomic E-state index is 13.0. The Morgan fingerprint density at radius 2 is 1.85 bits per heavy atom. The van der Waals surface area contributed by atoms with Crippen molar-refractivity contribution in [1.29, 1.82) is 0 Å². The Kier molecular flexibility index (Phi) is 5.58. The van der Waals surface area contributed by atoms with E-state index in [1.807, 2.05) is 79.0 Å². The number of hydrogen-bond acceptors (Lipinski definition) is 5. The molecule has 1 amide bonds. The minimum atomic E-state index is -0.305. The topological polar surface area (TPSA) is 81.8 Å². The molecular weight excluding hydrogens is 434 g/mol. The number of rotatable bonds is 6. The molecule has 0 radical (unpaired) electrons. The number of carbonyl (C=O) groups is 1. The van der Waals surface area contributed by atoms with Crippen molar-refractivity contribution in [3.8, 4) is 5.69 Å². The molecule has 33 heavy (non-hydrogen) atoms. The van der Waals surface area contributed by atoms with E-state index in [4.69, 9.17) is 0 Å². The predicted molar refractivity (Wildman–Crippen MR) is 129 cm³/mol. The summed E-state index contributed by atoms with van der Waals surface area (Å²) in [7, 11) is 0. The molecule has 8 heteroatoms. The van der Waals surface area contributed by atoms with Gasteiger partial charge in [0.25, 0.3) is 5.56 Å². The lowest BCUT2D eigenvalue weighted by atomic mass is 10.0. The third-order valence-corrected chi connectivity index (χ3v) is 6.35. The van der Waals surface area contributed by atoms with Gasteiger partial charge in [-0.2, -0.15) is 5.10 Å². The Balaban J connectivity index is 1.41. The van der Waals surface area contributed by atoms with E-state index in [0.29, 0.717) is 11.0 Å². The summed E-state index contributed by atoms with van der Waals surface area (Å²) in [4.78, 5) is 31.4. The van der Waals surface area contributed by atoms with Crippen molar-refractivity contribution < 1.29 is 4.79 Å². The van der Waals surface area contributed by atoms with Crippen molar-refractivity contribution in [3.05, 3.63) is 111 Å². The number of carbonyl (C=O) groups excluding carboxylic acids is 1. The van der Waals surface area contributed by atoms with Gasteiger partial charge in [-0.25, -0.2) is 9.67 Å². The van der Waals surface area contributed by atoms with Gasteiger partial charge in [-0.05, 0) is 36.1 Å². The lowest BCUT2D eigenvalue weighted by Gasteiger charge is -2.19. The highest BCUT2D eigenvalue weighted by Crippen LogP contribution is 2.26. The summed E-state index contributed by atoms with van der Waals surface area (Å²) < 4.78 is 2.93. The SMILES string of the molecule is Cc1ccc(C(NC(=O)Cn2cnc3c(cnn3-c3ccccc3)c2=O)c2cccs2)cc1. The van der Waals surface area contributed by atoms with Crippen molar-refractivity contribution in [1.82, 2.24) is 24.6 Å². The minimum Gasteiger partial charge on any atom is -0.343 e. The lowest BCUT2D eigenvalue weighted by molar-refractivity contribution is -0.122. The summed E-state index contributed by atoms with van der Waals surface area (Å²) >= 11 is 1.58. The zero-order chi connectivity index (χ0) is 22.8. The van der Waals surface area contributed by atoms with E-state index in [2.05, 4.69) is 15.4 Å². The monoisotopic (exact) mass is 455 g/mol. The molecule has 164 valence electrons. The number of hydrogen-bond donors (Lipinski definition) is 1. The summed E-state index contributed by atoms with van der Waals surface area (Å²) in [6.07, 6.45) is 2.89. The van der Waals surface area contributed by atoms with Gasteiger partial charge >= 0.3 is 0 Å². The van der Waals surface area contributed by atoms with Gasteiger partial charge < -0.3 is 5.32 Å². The van der Waals surface area contributed by atoms with Crippen LogP contribution in [0.4, 0.5) is 0 Å². The third kappa shape index (κ3) is 4.20. The van der Waals surface area contributed by atoms with E-state index in [0.717, 1.165) is 21.7 Å². The number of para-hydroxylation sites is 1. The third-order valence-electron chi connectivity index (χ3n) is 5.41. The zero-order valence-corrected chi connectivity index (χ0v) is 18.7. The number of amides is 1. The smallest absolute Gasteiger partial charge is 0.264 e. The second-order valence-electron chi connectivity index (χ2n) is 7.73. The van der Waals surface area contributed by atoms with Crippen molar-refractivity contribution >= 4 is 28.3 Å². The predicted octanol–water partition coefficient (Wildman–Crippen LogP) is 3.86. The van der Waals surface area contributed by atoms with Crippen LogP contribution in [0.1, 0.15) is 22.0 Å². The molecule has 3 heterocycles. The highest BCUT2D eigenvalue weighted by molar-refractivity contribution is 7.10. The van der Waals surface area contributed by atoms with Gasteiger partial charge in [0, 0.05) is 4.88 Å². The number of benzene rings is 2. The van der Waals surface area contributed by atoms with Crippen LogP contribution in [-0.2, 0) is 11.3 Å². The summed E-state index contributed by atoms with van der Waals surface area (Å²) in [5, 5.41) is 9.74. The van der Waals surface area contributed by atoms with Crippen LogP contribution in [0.2, 0.25) is 0 Å². The van der Waals surface area contributed by atoms with E-state index in [9.17, 15) is 9.59 Å². The Morgan fingerprint density at radius 3 is 2.58 bits per heavy atom. The summed E-state index contributed by atoms with van der Waals surface area (Å²) in [5.41, 5.74) is 3.10. The number of aromatic nitrogens is 4. The molecule has 0 aliphatic rings. The number of nitrogens with one attached hydrogen (secondary N) is 1. The van der Waals surface area contributed by atoms with E-state index in [1.54, 1.807) is 16.0 Å². The lowest BCUT2D eigenvalue weighted by Crippen LogP contribution is -2.35. The van der Waals surface area contributed by atoms with Crippen molar-refractivity contribution in [2.45, 2.75) is 19.5 Å². The normalized spacial score (nSPS) is 12.0. The van der Waals surface area contributed by atoms with E-state index in [1.165, 1.54) is 17.1 Å². The van der Waals surface area contributed by atoms with Gasteiger partial charge in [0.05, 0.1) is 17.9 Å². The largest absolute Gasteiger partial charge is 0.343 e. The van der Waals surface area contributed by atoms with Crippen LogP contribution < -0.4 is 10.9 Å². The first-order valence-electron chi connectivity index (χ1n) is 10.5. The molecule has 5 rings (SSSR count). The Bertz CT molecular complexity index is 1450. The summed E-state index contributed by atoms with van der Waals surface area (Å²) in [5.74, 6) is -0.271. The second-order valence-corrected chi connectivity index (χ2v) is 8.71. The molecule has 0 bridgehead atoms. The summed E-state index contributed by atoms with van der Waals surface area (Å²) in [6, 6.07) is 21.2. The minimum absolute atomic E-state index is 0.133. The first kappa shape index (κ1) is 20.8. The molecule has 7 nitrogen and oxygen atoms in total. The van der Waals surface area contributed by atoms with E-state index in [-0.39, 0.29) is 24.1 Å². The maximum absolute atomic E-state index is 13.0. The molecule has 3 aromatic heterocycles. The standard InChI is InChI=1S/C25H21N5O2S/c1-17-9-11-18(12-10-17)23(21-8-5-13-33-21)28-22(31)15-29-16-26-24-20(25(29)32)14-27-30(24)19-6-3-2-4-7-19/h2-14,16,23H,15H2,1H3,(H,28,31). The fraction of sp³-hybridized carbons (Fsp3) is 0.120.